The highest BCUT2D eigenvalue weighted by Gasteiger charge is 2.03. The largest absolute Gasteiger partial charge is 0.214 e. The molecule has 0 saturated carbocycles. The molecule has 2 heterocycles. The van der Waals surface area contributed by atoms with Crippen molar-refractivity contribution < 1.29 is 4.39 Å². The molecule has 0 unspecified atom stereocenters. The lowest BCUT2D eigenvalue weighted by molar-refractivity contribution is 0.546. The summed E-state index contributed by atoms with van der Waals surface area (Å²) in [6.45, 7) is 1.92. The van der Waals surface area contributed by atoms with E-state index in [0.29, 0.717) is 0 Å². The van der Waals surface area contributed by atoms with Gasteiger partial charge in [0.25, 0.3) is 0 Å². The summed E-state index contributed by atoms with van der Waals surface area (Å²) in [6, 6.07) is 4.94. The Morgan fingerprint density at radius 3 is 3.00 bits per heavy atom. The number of fused-ring (bicyclic) bond motifs is 1. The molecule has 0 amide bonds. The average molecular weight is 161 g/mol. The summed E-state index contributed by atoms with van der Waals surface area (Å²) in [6.07, 6.45) is 1.59. The first-order chi connectivity index (χ1) is 5.83. The Hall–Kier alpha value is -1.32. The molecule has 0 aliphatic rings. The van der Waals surface area contributed by atoms with E-state index in [9.17, 15) is 4.39 Å². The van der Waals surface area contributed by atoms with Gasteiger partial charge >= 0.3 is 0 Å². The van der Waals surface area contributed by atoms with Gasteiger partial charge in [0, 0.05) is 0 Å². The molecule has 0 bridgehead atoms. The molecule has 4 heteroatoms. The Bertz CT molecular complexity index is 410. The van der Waals surface area contributed by atoms with Crippen LogP contribution in [0.3, 0.4) is 0 Å². The van der Waals surface area contributed by atoms with Gasteiger partial charge in [0.2, 0.25) is 5.95 Å². The highest BCUT2D eigenvalue weighted by molar-refractivity contribution is 6.54. The molecule has 0 spiro atoms. The average Bonchev–Trinajstić information content (AvgIpc) is 2.54. The van der Waals surface area contributed by atoms with E-state index < -0.39 is 0 Å². The second kappa shape index (κ2) is 2.62. The molecular weight excluding hydrogens is 154 g/mol. The van der Waals surface area contributed by atoms with Crippen LogP contribution in [-0.4, -0.2) is 16.9 Å². The van der Waals surface area contributed by atoms with Crippen molar-refractivity contribution in [3.63, 3.8) is 0 Å². The molecule has 2 nitrogen and oxygen atoms in total. The van der Waals surface area contributed by atoms with Gasteiger partial charge in [-0.05, 0) is 12.1 Å². The Morgan fingerprint density at radius 2 is 2.25 bits per heavy atom. The van der Waals surface area contributed by atoms with Crippen LogP contribution in [0.4, 0.5) is 4.39 Å². The first kappa shape index (κ1) is 7.34. The maximum atomic E-state index is 13.0. The van der Waals surface area contributed by atoms with Crippen molar-refractivity contribution in [1.29, 1.82) is 0 Å². The molecule has 0 aliphatic heterocycles. The van der Waals surface area contributed by atoms with Crippen LogP contribution in [0, 0.1) is 5.95 Å². The molecule has 0 N–H and O–H groups in total. The summed E-state index contributed by atoms with van der Waals surface area (Å²) in [4.78, 5) is 0. The van der Waals surface area contributed by atoms with Crippen LogP contribution < -0.4 is 5.46 Å². The third-order valence-corrected chi connectivity index (χ3v) is 1.85. The summed E-state index contributed by atoms with van der Waals surface area (Å²) in [5, 5.41) is 3.85. The van der Waals surface area contributed by atoms with Crippen LogP contribution in [0.1, 0.15) is 0 Å². The van der Waals surface area contributed by atoms with Crippen molar-refractivity contribution in [3.05, 3.63) is 30.3 Å². The van der Waals surface area contributed by atoms with Crippen molar-refractivity contribution in [2.45, 2.75) is 6.82 Å². The number of halogens is 1. The van der Waals surface area contributed by atoms with Crippen LogP contribution in [0.5, 0.6) is 0 Å². The highest BCUT2D eigenvalue weighted by Crippen LogP contribution is 2.01. The highest BCUT2D eigenvalue weighted by atomic mass is 19.1. The first-order valence-electron chi connectivity index (χ1n) is 3.74. The van der Waals surface area contributed by atoms with Gasteiger partial charge < -0.3 is 0 Å². The topological polar surface area (TPSA) is 17.3 Å². The predicted octanol–water partition coefficient (Wildman–Crippen LogP) is 0.851. The number of hydrogen-bond donors (Lipinski definition) is 0. The van der Waals surface area contributed by atoms with Crippen molar-refractivity contribution >= 4 is 18.3 Å². The minimum atomic E-state index is -0.333. The number of aromatic nitrogens is 2. The summed E-state index contributed by atoms with van der Waals surface area (Å²) in [5.41, 5.74) is 1.80. The van der Waals surface area contributed by atoms with E-state index in [2.05, 4.69) is 5.10 Å². The smallest absolute Gasteiger partial charge is 0.207 e. The van der Waals surface area contributed by atoms with Gasteiger partial charge in [-0.3, -0.25) is 0 Å². The van der Waals surface area contributed by atoms with Gasteiger partial charge in [0.15, 0.2) is 7.28 Å². The summed E-state index contributed by atoms with van der Waals surface area (Å²) in [7, 11) is 1.93. The second-order valence-electron chi connectivity index (χ2n) is 2.53. The van der Waals surface area contributed by atoms with Gasteiger partial charge in [-0.25, -0.2) is 4.52 Å². The molecule has 1 radical (unpaired) electrons. The molecule has 2 aromatic rings. The summed E-state index contributed by atoms with van der Waals surface area (Å²) in [5.74, 6) is -0.333. The van der Waals surface area contributed by atoms with Gasteiger partial charge in [-0.15, -0.1) is 0 Å². The lowest BCUT2D eigenvalue weighted by atomic mass is 9.73. The van der Waals surface area contributed by atoms with E-state index in [0.717, 1.165) is 11.0 Å². The molecule has 0 fully saturated rings. The summed E-state index contributed by atoms with van der Waals surface area (Å²) >= 11 is 0. The molecule has 0 aliphatic carbocycles. The molecule has 0 aromatic carbocycles. The molecule has 12 heavy (non-hydrogen) atoms. The van der Waals surface area contributed by atoms with Gasteiger partial charge in [0.05, 0.1) is 11.7 Å². The quantitative estimate of drug-likeness (QED) is 0.447. The normalized spacial score (nSPS) is 10.5. The fraction of sp³-hybridized carbons (Fsp3) is 0.125. The monoisotopic (exact) mass is 161 g/mol. The number of nitrogens with zero attached hydrogens (tertiary/aromatic N) is 2. The number of pyridine rings is 1. The maximum Gasteiger partial charge on any atom is 0.214 e. The van der Waals surface area contributed by atoms with Crippen molar-refractivity contribution in [1.82, 2.24) is 9.61 Å². The Kier molecular flexibility index (Phi) is 1.61. The third kappa shape index (κ3) is 0.914. The Labute approximate surface area is 70.3 Å². The molecule has 0 saturated heterocycles. The summed E-state index contributed by atoms with van der Waals surface area (Å²) < 4.78 is 14.3. The zero-order valence-corrected chi connectivity index (χ0v) is 6.66. The lowest BCUT2D eigenvalue weighted by Crippen LogP contribution is -2.15. The van der Waals surface area contributed by atoms with Gasteiger partial charge in [-0.1, -0.05) is 18.4 Å². The third-order valence-electron chi connectivity index (χ3n) is 1.85. The molecule has 0 atom stereocenters. The van der Waals surface area contributed by atoms with Gasteiger partial charge in [0.1, 0.15) is 0 Å². The Balaban J connectivity index is 2.82. The number of rotatable bonds is 1. The van der Waals surface area contributed by atoms with Crippen molar-refractivity contribution in [3.8, 4) is 0 Å². The minimum Gasteiger partial charge on any atom is -0.207 e. The van der Waals surface area contributed by atoms with E-state index in [1.807, 2.05) is 14.1 Å². The standard InChI is InChI=1S/C8H7BFN2/c1-9-6-2-3-8(10)12-7(6)4-5-11-12/h2-5H,1H3. The van der Waals surface area contributed by atoms with E-state index in [1.165, 1.54) is 10.6 Å². The van der Waals surface area contributed by atoms with E-state index in [4.69, 9.17) is 0 Å². The zero-order chi connectivity index (χ0) is 8.55. The molecule has 2 rings (SSSR count). The van der Waals surface area contributed by atoms with Crippen LogP contribution in [0.15, 0.2) is 24.4 Å². The second-order valence-corrected chi connectivity index (χ2v) is 2.53. The molecule has 59 valence electrons. The van der Waals surface area contributed by atoms with Crippen LogP contribution in [0.25, 0.3) is 5.52 Å². The van der Waals surface area contributed by atoms with Crippen molar-refractivity contribution in [2.75, 3.05) is 0 Å². The van der Waals surface area contributed by atoms with Gasteiger partial charge in [-0.2, -0.15) is 9.49 Å². The lowest BCUT2D eigenvalue weighted by Gasteiger charge is -2.00. The van der Waals surface area contributed by atoms with Crippen LogP contribution in [0.2, 0.25) is 6.82 Å². The van der Waals surface area contributed by atoms with E-state index in [-0.39, 0.29) is 5.95 Å². The van der Waals surface area contributed by atoms with Crippen molar-refractivity contribution in [2.24, 2.45) is 0 Å². The SMILES string of the molecule is C[B]c1ccc(F)n2nccc12. The fourth-order valence-corrected chi connectivity index (χ4v) is 1.25. The van der Waals surface area contributed by atoms with Crippen LogP contribution >= 0.6 is 0 Å². The predicted molar refractivity (Wildman–Crippen MR) is 46.4 cm³/mol. The molecular formula is C8H7BFN2. The fourth-order valence-electron chi connectivity index (χ4n) is 1.25. The van der Waals surface area contributed by atoms with E-state index >= 15 is 0 Å². The Morgan fingerprint density at radius 1 is 1.42 bits per heavy atom. The maximum absolute atomic E-state index is 13.0. The molecule has 2 aromatic heterocycles. The number of hydrogen-bond acceptors (Lipinski definition) is 1. The zero-order valence-electron chi connectivity index (χ0n) is 6.66. The minimum absolute atomic E-state index is 0.333. The van der Waals surface area contributed by atoms with E-state index in [1.54, 1.807) is 18.3 Å². The van der Waals surface area contributed by atoms with Crippen LogP contribution in [-0.2, 0) is 0 Å². The first-order valence-corrected chi connectivity index (χ1v) is 3.74.